The van der Waals surface area contributed by atoms with Gasteiger partial charge in [0.2, 0.25) is 5.91 Å². The second-order valence-corrected chi connectivity index (χ2v) is 8.26. The Bertz CT molecular complexity index is 816. The van der Waals surface area contributed by atoms with Crippen molar-refractivity contribution in [2.24, 2.45) is 11.8 Å². The van der Waals surface area contributed by atoms with Crippen LogP contribution in [0.25, 0.3) is 11.3 Å². The van der Waals surface area contributed by atoms with Crippen LogP contribution in [0.3, 0.4) is 0 Å². The molecule has 3 aliphatic rings. The highest BCUT2D eigenvalue weighted by molar-refractivity contribution is 5.79. The number of nitrogens with zero attached hydrogens (tertiary/aromatic N) is 4. The number of hydrogen-bond donors (Lipinski definition) is 1. The van der Waals surface area contributed by atoms with Gasteiger partial charge in [-0.25, -0.2) is 0 Å². The number of methoxy groups -OCH3 is 1. The smallest absolute Gasteiger partial charge is 0.224 e. The third-order valence-corrected chi connectivity index (χ3v) is 5.97. The number of hydrogen-bond acceptors (Lipinski definition) is 5. The van der Waals surface area contributed by atoms with Crippen molar-refractivity contribution < 1.29 is 9.53 Å². The minimum Gasteiger partial charge on any atom is -0.497 e. The molecule has 0 aliphatic carbocycles. The number of carbonyl (C=O) groups excluding carboxylic acids is 1. The van der Waals surface area contributed by atoms with Crippen LogP contribution in [0.1, 0.15) is 26.7 Å². The first-order valence-electron chi connectivity index (χ1n) is 10.1. The first-order chi connectivity index (χ1) is 13.5. The van der Waals surface area contributed by atoms with Crippen molar-refractivity contribution >= 4 is 5.91 Å². The zero-order valence-corrected chi connectivity index (χ0v) is 16.8. The number of rotatable bonds is 6. The van der Waals surface area contributed by atoms with E-state index in [1.807, 2.05) is 49.0 Å². The van der Waals surface area contributed by atoms with Crippen LogP contribution >= 0.6 is 0 Å². The molecular formula is C21H29N5O2. The van der Waals surface area contributed by atoms with Crippen LogP contribution in [-0.2, 0) is 11.3 Å². The third-order valence-electron chi connectivity index (χ3n) is 5.97. The number of fused-ring (bicyclic) bond motifs is 3. The summed E-state index contributed by atoms with van der Waals surface area (Å²) < 4.78 is 7.15. The molecule has 7 heteroatoms. The van der Waals surface area contributed by atoms with Gasteiger partial charge < -0.3 is 10.1 Å². The quantitative estimate of drug-likeness (QED) is 0.828. The molecule has 2 bridgehead atoms. The Morgan fingerprint density at radius 1 is 1.32 bits per heavy atom. The average molecular weight is 383 g/mol. The summed E-state index contributed by atoms with van der Waals surface area (Å²) in [5.74, 6) is 1.64. The number of piperidine rings is 3. The Labute approximate surface area is 166 Å². The van der Waals surface area contributed by atoms with E-state index in [1.165, 1.54) is 0 Å². The van der Waals surface area contributed by atoms with E-state index in [0.29, 0.717) is 12.0 Å². The van der Waals surface area contributed by atoms with Gasteiger partial charge in [-0.2, -0.15) is 0 Å². The normalized spacial score (nSPS) is 26.4. The summed E-state index contributed by atoms with van der Waals surface area (Å²) in [7, 11) is 1.66. The molecule has 4 heterocycles. The molecule has 2 aromatic rings. The fourth-order valence-electron chi connectivity index (χ4n) is 4.51. The fraction of sp³-hybridized carbons (Fsp3) is 0.571. The molecule has 4 unspecified atom stereocenters. The van der Waals surface area contributed by atoms with Crippen molar-refractivity contribution in [3.63, 3.8) is 0 Å². The summed E-state index contributed by atoms with van der Waals surface area (Å²) in [6, 6.07) is 8.48. The summed E-state index contributed by atoms with van der Waals surface area (Å²) in [4.78, 5) is 15.0. The van der Waals surface area contributed by atoms with Crippen molar-refractivity contribution in [3.8, 4) is 17.0 Å². The molecule has 3 saturated heterocycles. The standard InChI is InChI=1S/C21H29N5O2/c1-14(2)22-21(27)19-12-25-9-8-16(19)10-17(25)11-26-13-20(23-24-26)15-4-6-18(28-3)7-5-15/h4-7,13-14,16-17,19H,8-12H2,1-3H3,(H,22,27). The lowest BCUT2D eigenvalue weighted by molar-refractivity contribution is -0.133. The number of amides is 1. The molecule has 28 heavy (non-hydrogen) atoms. The van der Waals surface area contributed by atoms with E-state index in [1.54, 1.807) is 7.11 Å². The van der Waals surface area contributed by atoms with Crippen molar-refractivity contribution in [2.75, 3.05) is 20.2 Å². The number of carbonyl (C=O) groups is 1. The van der Waals surface area contributed by atoms with Crippen LogP contribution in [0, 0.1) is 11.8 Å². The lowest BCUT2D eigenvalue weighted by Gasteiger charge is -2.49. The zero-order chi connectivity index (χ0) is 19.7. The van der Waals surface area contributed by atoms with E-state index in [0.717, 1.165) is 49.5 Å². The molecule has 1 amide bonds. The van der Waals surface area contributed by atoms with Gasteiger partial charge in [-0.3, -0.25) is 14.4 Å². The summed E-state index contributed by atoms with van der Waals surface area (Å²) >= 11 is 0. The van der Waals surface area contributed by atoms with Gasteiger partial charge in [0.25, 0.3) is 0 Å². The SMILES string of the molecule is COc1ccc(-c2cn(CC3CC4CCN3CC4C(=O)NC(C)C)nn2)cc1. The minimum absolute atomic E-state index is 0.123. The highest BCUT2D eigenvalue weighted by atomic mass is 16.5. The van der Waals surface area contributed by atoms with Gasteiger partial charge in [-0.1, -0.05) is 5.21 Å². The van der Waals surface area contributed by atoms with Gasteiger partial charge in [-0.15, -0.1) is 5.10 Å². The largest absolute Gasteiger partial charge is 0.497 e. The van der Waals surface area contributed by atoms with Crippen molar-refractivity contribution in [1.82, 2.24) is 25.2 Å². The van der Waals surface area contributed by atoms with Crippen LogP contribution in [0.4, 0.5) is 0 Å². The molecule has 150 valence electrons. The Kier molecular flexibility index (Phi) is 5.35. The third kappa shape index (κ3) is 3.90. The molecular weight excluding hydrogens is 354 g/mol. The maximum atomic E-state index is 12.5. The van der Waals surface area contributed by atoms with Crippen molar-refractivity contribution in [2.45, 2.75) is 45.3 Å². The number of benzene rings is 1. The lowest BCUT2D eigenvalue weighted by atomic mass is 9.75. The maximum absolute atomic E-state index is 12.5. The molecule has 0 spiro atoms. The molecule has 1 N–H and O–H groups in total. The van der Waals surface area contributed by atoms with Gasteiger partial charge >= 0.3 is 0 Å². The Hall–Kier alpha value is -2.41. The average Bonchev–Trinajstić information content (AvgIpc) is 3.16. The van der Waals surface area contributed by atoms with E-state index in [9.17, 15) is 4.79 Å². The number of aromatic nitrogens is 3. The number of nitrogens with one attached hydrogen (secondary N) is 1. The molecule has 0 saturated carbocycles. The van der Waals surface area contributed by atoms with Gasteiger partial charge in [0.1, 0.15) is 11.4 Å². The topological polar surface area (TPSA) is 72.3 Å². The predicted octanol–water partition coefficient (Wildman–Crippen LogP) is 2.19. The monoisotopic (exact) mass is 383 g/mol. The van der Waals surface area contributed by atoms with E-state index in [2.05, 4.69) is 20.5 Å². The van der Waals surface area contributed by atoms with Gasteiger partial charge in [0.05, 0.1) is 25.8 Å². The van der Waals surface area contributed by atoms with Gasteiger partial charge in [0, 0.05) is 24.2 Å². The number of ether oxygens (including phenoxy) is 1. The molecule has 0 radical (unpaired) electrons. The zero-order valence-electron chi connectivity index (χ0n) is 16.8. The lowest BCUT2D eigenvalue weighted by Crippen LogP contribution is -2.58. The van der Waals surface area contributed by atoms with Crippen molar-refractivity contribution in [3.05, 3.63) is 30.5 Å². The molecule has 1 aromatic carbocycles. The molecule has 3 aliphatic heterocycles. The van der Waals surface area contributed by atoms with Crippen LogP contribution in [-0.4, -0.2) is 58.1 Å². The predicted molar refractivity (Wildman–Crippen MR) is 107 cm³/mol. The summed E-state index contributed by atoms with van der Waals surface area (Å²) in [5, 5.41) is 11.8. The van der Waals surface area contributed by atoms with E-state index in [-0.39, 0.29) is 17.9 Å². The minimum atomic E-state index is 0.123. The first kappa shape index (κ1) is 18.9. The molecule has 1 aromatic heterocycles. The van der Waals surface area contributed by atoms with E-state index >= 15 is 0 Å². The second-order valence-electron chi connectivity index (χ2n) is 8.26. The molecule has 5 rings (SSSR count). The van der Waals surface area contributed by atoms with E-state index in [4.69, 9.17) is 4.74 Å². The van der Waals surface area contributed by atoms with E-state index < -0.39 is 0 Å². The molecule has 7 nitrogen and oxygen atoms in total. The van der Waals surface area contributed by atoms with Crippen molar-refractivity contribution in [1.29, 1.82) is 0 Å². The Morgan fingerprint density at radius 2 is 2.11 bits per heavy atom. The summed E-state index contributed by atoms with van der Waals surface area (Å²) in [6.45, 7) is 6.79. The second kappa shape index (κ2) is 7.91. The Morgan fingerprint density at radius 3 is 2.75 bits per heavy atom. The highest BCUT2D eigenvalue weighted by Gasteiger charge is 2.43. The maximum Gasteiger partial charge on any atom is 0.224 e. The van der Waals surface area contributed by atoms with Crippen LogP contribution < -0.4 is 10.1 Å². The van der Waals surface area contributed by atoms with Crippen LogP contribution in [0.5, 0.6) is 5.75 Å². The Balaban J connectivity index is 1.39. The summed E-state index contributed by atoms with van der Waals surface area (Å²) in [5.41, 5.74) is 1.90. The van der Waals surface area contributed by atoms with Gasteiger partial charge in [0.15, 0.2) is 0 Å². The van der Waals surface area contributed by atoms with Gasteiger partial charge in [-0.05, 0) is 63.4 Å². The summed E-state index contributed by atoms with van der Waals surface area (Å²) in [6.07, 6.45) is 4.17. The van der Waals surface area contributed by atoms with Crippen LogP contribution in [0.2, 0.25) is 0 Å². The molecule has 4 atom stereocenters. The molecule has 3 fully saturated rings. The van der Waals surface area contributed by atoms with Crippen LogP contribution in [0.15, 0.2) is 30.5 Å². The highest BCUT2D eigenvalue weighted by Crippen LogP contribution is 2.37. The fourth-order valence-corrected chi connectivity index (χ4v) is 4.51. The first-order valence-corrected chi connectivity index (χ1v) is 10.1.